The van der Waals surface area contributed by atoms with Crippen LogP contribution in [-0.2, 0) is 27.9 Å². The molecular weight excluding hydrogens is 609 g/mol. The minimum absolute atomic E-state index is 0.0336. The number of carbonyl (C=O) groups excluding carboxylic acids is 1. The van der Waals surface area contributed by atoms with E-state index in [4.69, 9.17) is 23.4 Å². The summed E-state index contributed by atoms with van der Waals surface area (Å²) in [5.41, 5.74) is 0. The van der Waals surface area contributed by atoms with E-state index in [9.17, 15) is 9.59 Å². The first-order chi connectivity index (χ1) is 20.3. The highest BCUT2D eigenvalue weighted by atomic mass is 32.2. The third-order valence-corrected chi connectivity index (χ3v) is 19.4. The molecule has 0 bridgehead atoms. The Morgan fingerprint density at radius 2 is 1.61 bits per heavy atom. The highest BCUT2D eigenvalue weighted by molar-refractivity contribution is 8.03. The summed E-state index contributed by atoms with van der Waals surface area (Å²) in [6.45, 7) is 27.9. The van der Waals surface area contributed by atoms with Gasteiger partial charge in [0.15, 0.2) is 16.6 Å². The van der Waals surface area contributed by atoms with Gasteiger partial charge in [-0.15, -0.1) is 11.8 Å². The molecule has 0 aromatic rings. The van der Waals surface area contributed by atoms with Gasteiger partial charge in [0, 0.05) is 43.3 Å². The van der Waals surface area contributed by atoms with Crippen molar-refractivity contribution in [3.63, 3.8) is 0 Å². The quantitative estimate of drug-likeness (QED) is 0.0592. The van der Waals surface area contributed by atoms with Crippen LogP contribution in [0.1, 0.15) is 107 Å². The third-order valence-electron chi connectivity index (χ3n) is 9.14. The molecule has 0 spiro atoms. The number of carbonyl (C=O) groups is 2. The van der Waals surface area contributed by atoms with Crippen LogP contribution in [0.5, 0.6) is 0 Å². The van der Waals surface area contributed by atoms with Crippen molar-refractivity contribution in [1.82, 2.24) is 0 Å². The normalized spacial score (nSPS) is 19.2. The number of hydrogen-bond acceptors (Lipinski definition) is 7. The maximum Gasteiger partial charge on any atom is 0.310 e. The predicted molar refractivity (Wildman–Crippen MR) is 189 cm³/mol. The molecule has 10 heteroatoms. The summed E-state index contributed by atoms with van der Waals surface area (Å²) in [5, 5.41) is 9.12. The number of carboxylic acids is 1. The lowest BCUT2D eigenvalue weighted by Gasteiger charge is -2.40. The van der Waals surface area contributed by atoms with Gasteiger partial charge in [0.25, 0.3) is 0 Å². The van der Waals surface area contributed by atoms with E-state index >= 15 is 0 Å². The maximum absolute atomic E-state index is 12.7. The molecule has 44 heavy (non-hydrogen) atoms. The van der Waals surface area contributed by atoms with Gasteiger partial charge in [-0.1, -0.05) is 67.0 Å². The molecule has 0 unspecified atom stereocenters. The highest BCUT2D eigenvalue weighted by Gasteiger charge is 2.45. The van der Waals surface area contributed by atoms with Crippen molar-refractivity contribution in [2.24, 2.45) is 5.92 Å². The van der Waals surface area contributed by atoms with E-state index in [1.165, 1.54) is 0 Å². The van der Waals surface area contributed by atoms with Crippen molar-refractivity contribution < 1.29 is 33.0 Å². The SMILES string of the molecule is CCCC(=O)OC1=C(SCCCCCC(=O)O)[C@@H](/C=C/[C@H](CCOCC)O[Si](C)(C)C(C)(C)C)[C@H](O[Si](C)(C)C(C)(C)C)C1. The summed E-state index contributed by atoms with van der Waals surface area (Å²) in [6, 6.07) is 0. The topological polar surface area (TPSA) is 91.3 Å². The van der Waals surface area contributed by atoms with Crippen molar-refractivity contribution in [2.45, 2.75) is 155 Å². The van der Waals surface area contributed by atoms with E-state index in [0.29, 0.717) is 32.5 Å². The van der Waals surface area contributed by atoms with Crippen LogP contribution in [-0.4, -0.2) is 64.9 Å². The Hall–Kier alpha value is -0.916. The molecule has 1 aliphatic carbocycles. The Bertz CT molecular complexity index is 964. The molecule has 0 radical (unpaired) electrons. The number of ether oxygens (including phenoxy) is 2. The smallest absolute Gasteiger partial charge is 0.310 e. The van der Waals surface area contributed by atoms with E-state index in [2.05, 4.69) is 79.9 Å². The molecule has 0 saturated carbocycles. The molecule has 1 N–H and O–H groups in total. The standard InChI is InChI=1S/C34H64O7SSi2/c1-13-18-31(37)39-29-25-28(41-44(11,12)34(6,7)8)27(32(29)42-24-17-15-16-19-30(35)36)21-20-26(22-23-38-14-2)40-43(9,10)33(3,4)5/h20-21,26-28H,13-19,22-25H2,1-12H3,(H,35,36)/b21-20+/t26-,27+,28-/m1/s1. The fraction of sp³-hybridized carbons (Fsp3) is 0.824. The molecule has 7 nitrogen and oxygen atoms in total. The van der Waals surface area contributed by atoms with Gasteiger partial charge in [0.05, 0.1) is 12.2 Å². The van der Waals surface area contributed by atoms with Crippen LogP contribution in [0.2, 0.25) is 36.3 Å². The maximum atomic E-state index is 12.7. The lowest BCUT2D eigenvalue weighted by Crippen LogP contribution is -2.45. The largest absolute Gasteiger partial charge is 0.481 e. The Morgan fingerprint density at radius 3 is 2.16 bits per heavy atom. The first kappa shape index (κ1) is 41.1. The number of aliphatic carboxylic acids is 1. The fourth-order valence-electron chi connectivity index (χ4n) is 4.38. The molecule has 1 aliphatic rings. The summed E-state index contributed by atoms with van der Waals surface area (Å²) in [7, 11) is -4.19. The molecule has 0 amide bonds. The second-order valence-corrected chi connectivity index (χ2v) is 25.6. The number of rotatable bonds is 20. The Balaban J connectivity index is 3.48. The molecule has 256 valence electrons. The second-order valence-electron chi connectivity index (χ2n) is 15.0. The summed E-state index contributed by atoms with van der Waals surface area (Å²) >= 11 is 1.73. The first-order valence-corrected chi connectivity index (χ1v) is 23.5. The van der Waals surface area contributed by atoms with Gasteiger partial charge < -0.3 is 23.4 Å². The van der Waals surface area contributed by atoms with Gasteiger partial charge >= 0.3 is 11.9 Å². The minimum Gasteiger partial charge on any atom is -0.481 e. The van der Waals surface area contributed by atoms with Gasteiger partial charge in [0.2, 0.25) is 0 Å². The Morgan fingerprint density at radius 1 is 0.977 bits per heavy atom. The summed E-state index contributed by atoms with van der Waals surface area (Å²) in [4.78, 5) is 24.8. The molecule has 0 fully saturated rings. The molecule has 0 heterocycles. The number of carboxylic acid groups (broad SMARTS) is 1. The van der Waals surface area contributed by atoms with Gasteiger partial charge in [-0.3, -0.25) is 9.59 Å². The minimum atomic E-state index is -2.14. The lowest BCUT2D eigenvalue weighted by molar-refractivity contribution is -0.140. The van der Waals surface area contributed by atoms with Crippen molar-refractivity contribution in [3.8, 4) is 0 Å². The van der Waals surface area contributed by atoms with Crippen LogP contribution in [0.15, 0.2) is 22.8 Å². The van der Waals surface area contributed by atoms with Crippen LogP contribution in [0.25, 0.3) is 0 Å². The first-order valence-electron chi connectivity index (χ1n) is 16.7. The molecule has 3 atom stereocenters. The van der Waals surface area contributed by atoms with Crippen LogP contribution in [0, 0.1) is 5.92 Å². The molecule has 0 aromatic carbocycles. The van der Waals surface area contributed by atoms with Gasteiger partial charge in [-0.25, -0.2) is 0 Å². The predicted octanol–water partition coefficient (Wildman–Crippen LogP) is 9.70. The zero-order valence-electron chi connectivity index (χ0n) is 30.0. The van der Waals surface area contributed by atoms with E-state index in [0.717, 1.165) is 42.1 Å². The van der Waals surface area contributed by atoms with Crippen LogP contribution < -0.4 is 0 Å². The molecule has 0 aliphatic heterocycles. The molecular formula is C34H64O7SSi2. The second kappa shape index (κ2) is 18.4. The van der Waals surface area contributed by atoms with Crippen molar-refractivity contribution in [3.05, 3.63) is 22.8 Å². The number of esters is 1. The number of hydrogen-bond donors (Lipinski definition) is 1. The number of unbranched alkanes of at least 4 members (excludes halogenated alkanes) is 2. The van der Waals surface area contributed by atoms with Crippen molar-refractivity contribution >= 4 is 40.3 Å². The van der Waals surface area contributed by atoms with E-state index < -0.39 is 22.6 Å². The van der Waals surface area contributed by atoms with Crippen molar-refractivity contribution in [1.29, 1.82) is 0 Å². The Labute approximate surface area is 275 Å². The van der Waals surface area contributed by atoms with Gasteiger partial charge in [0.1, 0.15) is 5.76 Å². The monoisotopic (exact) mass is 672 g/mol. The molecule has 0 aromatic heterocycles. The molecule has 1 rings (SSSR count). The summed E-state index contributed by atoms with van der Waals surface area (Å²) in [6.07, 6.45) is 9.27. The van der Waals surface area contributed by atoms with Crippen molar-refractivity contribution in [2.75, 3.05) is 19.0 Å². The Kier molecular flexibility index (Phi) is 17.2. The van der Waals surface area contributed by atoms with Gasteiger partial charge in [-0.2, -0.15) is 0 Å². The average molecular weight is 673 g/mol. The molecule has 0 saturated heterocycles. The zero-order valence-corrected chi connectivity index (χ0v) is 32.8. The van der Waals surface area contributed by atoms with Gasteiger partial charge in [-0.05, 0) is 74.6 Å². The zero-order chi connectivity index (χ0) is 33.8. The third kappa shape index (κ3) is 13.8. The van der Waals surface area contributed by atoms with E-state index in [1.54, 1.807) is 11.8 Å². The van der Waals surface area contributed by atoms with Crippen LogP contribution >= 0.6 is 11.8 Å². The van der Waals surface area contributed by atoms with Crippen LogP contribution in [0.3, 0.4) is 0 Å². The lowest BCUT2D eigenvalue weighted by atomic mass is 10.0. The summed E-state index contributed by atoms with van der Waals surface area (Å²) < 4.78 is 25.7. The average Bonchev–Trinajstić information content (AvgIpc) is 3.17. The fourth-order valence-corrected chi connectivity index (χ4v) is 8.31. The van der Waals surface area contributed by atoms with E-state index in [-0.39, 0.29) is 40.6 Å². The van der Waals surface area contributed by atoms with E-state index in [1.807, 2.05) is 13.8 Å². The highest BCUT2D eigenvalue weighted by Crippen LogP contribution is 2.47. The summed E-state index contributed by atoms with van der Waals surface area (Å²) in [5.74, 6) is 0.544. The van der Waals surface area contributed by atoms with Crippen LogP contribution in [0.4, 0.5) is 0 Å². The number of thioether (sulfide) groups is 1.